The number of nitrogens with one attached hydrogen (secondary N) is 2. The van der Waals surface area contributed by atoms with Crippen molar-refractivity contribution in [3.63, 3.8) is 0 Å². The number of methoxy groups -OCH3 is 1. The molecular weight excluding hydrogens is 502 g/mol. The van der Waals surface area contributed by atoms with Crippen LogP contribution in [0, 0.1) is 0 Å². The Morgan fingerprint density at radius 2 is 1.70 bits per heavy atom. The fourth-order valence-electron chi connectivity index (χ4n) is 5.01. The number of aromatic nitrogens is 1. The second kappa shape index (κ2) is 11.5. The lowest BCUT2D eigenvalue weighted by atomic mass is 9.87. The van der Waals surface area contributed by atoms with Gasteiger partial charge in [0.15, 0.2) is 0 Å². The molecule has 206 valence electrons. The van der Waals surface area contributed by atoms with Gasteiger partial charge in [0.05, 0.1) is 12.8 Å². The van der Waals surface area contributed by atoms with Gasteiger partial charge in [-0.25, -0.2) is 4.98 Å². The molecule has 0 radical (unpaired) electrons. The lowest BCUT2D eigenvalue weighted by Gasteiger charge is -2.23. The van der Waals surface area contributed by atoms with Crippen LogP contribution in [0.3, 0.4) is 0 Å². The van der Waals surface area contributed by atoms with Crippen molar-refractivity contribution in [1.82, 2.24) is 4.98 Å². The molecule has 1 aliphatic rings. The molecular formula is C33H35N3O4. The molecule has 1 fully saturated rings. The van der Waals surface area contributed by atoms with Gasteiger partial charge in [-0.15, -0.1) is 0 Å². The third-order valence-electron chi connectivity index (χ3n) is 7.34. The summed E-state index contributed by atoms with van der Waals surface area (Å²) in [5.74, 6) is -0.00133. The van der Waals surface area contributed by atoms with E-state index < -0.39 is 11.7 Å². The molecule has 1 saturated heterocycles. The van der Waals surface area contributed by atoms with Crippen molar-refractivity contribution in [3.8, 4) is 16.9 Å². The van der Waals surface area contributed by atoms with Gasteiger partial charge >= 0.3 is 0 Å². The van der Waals surface area contributed by atoms with Gasteiger partial charge in [0.2, 0.25) is 0 Å². The van der Waals surface area contributed by atoms with Crippen molar-refractivity contribution < 1.29 is 19.1 Å². The average Bonchev–Trinajstić information content (AvgIpc) is 2.96. The van der Waals surface area contributed by atoms with Crippen LogP contribution in [-0.4, -0.2) is 43.0 Å². The van der Waals surface area contributed by atoms with Crippen LogP contribution < -0.4 is 15.4 Å². The predicted octanol–water partition coefficient (Wildman–Crippen LogP) is 6.62. The second-order valence-electron chi connectivity index (χ2n) is 11.1. The predicted molar refractivity (Wildman–Crippen MR) is 159 cm³/mol. The summed E-state index contributed by atoms with van der Waals surface area (Å²) in [5, 5.41) is 7.85. The molecule has 7 heteroatoms. The molecule has 0 unspecified atom stereocenters. The first-order valence-electron chi connectivity index (χ1n) is 13.6. The molecule has 0 bridgehead atoms. The number of carbonyl (C=O) groups is 2. The third-order valence-corrected chi connectivity index (χ3v) is 7.34. The zero-order chi connectivity index (χ0) is 28.3. The van der Waals surface area contributed by atoms with E-state index in [1.807, 2.05) is 66.9 Å². The van der Waals surface area contributed by atoms with Crippen LogP contribution in [-0.2, 0) is 14.9 Å². The number of pyridine rings is 1. The van der Waals surface area contributed by atoms with E-state index in [1.165, 1.54) is 7.11 Å². The number of hydrogen-bond acceptors (Lipinski definition) is 6. The largest absolute Gasteiger partial charge is 0.495 e. The van der Waals surface area contributed by atoms with Crippen LogP contribution in [0.5, 0.6) is 5.75 Å². The van der Waals surface area contributed by atoms with Gasteiger partial charge in [0.25, 0.3) is 11.7 Å². The highest BCUT2D eigenvalue weighted by Gasteiger charge is 2.23. The topological polar surface area (TPSA) is 89.5 Å². The van der Waals surface area contributed by atoms with Gasteiger partial charge in [-0.2, -0.15) is 0 Å². The second-order valence-corrected chi connectivity index (χ2v) is 11.1. The Kier molecular flexibility index (Phi) is 7.85. The Morgan fingerprint density at radius 3 is 2.38 bits per heavy atom. The van der Waals surface area contributed by atoms with Crippen molar-refractivity contribution in [2.45, 2.75) is 45.1 Å². The number of fused-ring (bicyclic) bond motifs is 1. The molecule has 3 aromatic carbocycles. The highest BCUT2D eigenvalue weighted by Crippen LogP contribution is 2.33. The lowest BCUT2D eigenvalue weighted by molar-refractivity contribution is -0.112. The highest BCUT2D eigenvalue weighted by atomic mass is 16.5. The molecule has 40 heavy (non-hydrogen) atoms. The fraction of sp³-hybridized carbons (Fsp3) is 0.303. The average molecular weight is 538 g/mol. The van der Waals surface area contributed by atoms with Gasteiger partial charge < -0.3 is 20.1 Å². The van der Waals surface area contributed by atoms with Crippen LogP contribution in [0.4, 0.5) is 11.5 Å². The molecule has 7 nitrogen and oxygen atoms in total. The van der Waals surface area contributed by atoms with E-state index in [0.29, 0.717) is 28.4 Å². The first-order valence-corrected chi connectivity index (χ1v) is 13.6. The van der Waals surface area contributed by atoms with E-state index in [0.717, 1.165) is 53.9 Å². The number of anilines is 2. The number of hydrogen-bond donors (Lipinski definition) is 2. The SMILES string of the molecule is COc1ccc(C(C)(C)C)cc1NC(=O)C(=O)c1ccc(-c2ccc(NC3CCOCC3)nc2)c2ccccc12. The maximum absolute atomic E-state index is 13.4. The standard InChI is InChI=1S/C33H35N3O4/c1-33(2,3)22-10-13-29(39-4)28(19-22)36-32(38)31(37)27-12-11-24(25-7-5-6-8-26(25)27)21-9-14-30(34-20-21)35-23-15-17-40-18-16-23/h5-14,19-20,23H,15-18H2,1-4H3,(H,34,35)(H,36,38). The smallest absolute Gasteiger partial charge is 0.296 e. The number of ether oxygens (including phenoxy) is 2. The van der Waals surface area contributed by atoms with E-state index in [-0.39, 0.29) is 5.41 Å². The monoisotopic (exact) mass is 537 g/mol. The molecule has 0 spiro atoms. The zero-order valence-electron chi connectivity index (χ0n) is 23.4. The molecule has 0 saturated carbocycles. The first kappa shape index (κ1) is 27.3. The summed E-state index contributed by atoms with van der Waals surface area (Å²) in [6.07, 6.45) is 3.77. The zero-order valence-corrected chi connectivity index (χ0v) is 23.4. The fourth-order valence-corrected chi connectivity index (χ4v) is 5.01. The third kappa shape index (κ3) is 5.84. The van der Waals surface area contributed by atoms with E-state index in [9.17, 15) is 9.59 Å². The summed E-state index contributed by atoms with van der Waals surface area (Å²) in [4.78, 5) is 31.3. The molecule has 1 amide bonds. The normalized spacial score (nSPS) is 14.1. The first-order chi connectivity index (χ1) is 19.2. The molecule has 5 rings (SSSR count). The maximum Gasteiger partial charge on any atom is 0.296 e. The number of nitrogens with zero attached hydrogens (tertiary/aromatic N) is 1. The quantitative estimate of drug-likeness (QED) is 0.203. The minimum atomic E-state index is -0.715. The van der Waals surface area contributed by atoms with Crippen LogP contribution in [0.15, 0.2) is 72.9 Å². The minimum Gasteiger partial charge on any atom is -0.495 e. The number of ketones is 1. The van der Waals surface area contributed by atoms with Crippen molar-refractivity contribution in [3.05, 3.63) is 84.1 Å². The summed E-state index contributed by atoms with van der Waals surface area (Å²) in [6.45, 7) is 7.80. The van der Waals surface area contributed by atoms with Crippen LogP contribution in [0.2, 0.25) is 0 Å². The van der Waals surface area contributed by atoms with Crippen molar-refractivity contribution in [1.29, 1.82) is 0 Å². The molecule has 1 aromatic heterocycles. The number of benzene rings is 3. The van der Waals surface area contributed by atoms with Crippen molar-refractivity contribution in [2.75, 3.05) is 31.0 Å². The van der Waals surface area contributed by atoms with E-state index in [2.05, 4.69) is 36.4 Å². The van der Waals surface area contributed by atoms with Crippen LogP contribution >= 0.6 is 0 Å². The molecule has 2 heterocycles. The van der Waals surface area contributed by atoms with Gasteiger partial charge in [-0.3, -0.25) is 9.59 Å². The Morgan fingerprint density at radius 1 is 0.950 bits per heavy atom. The van der Waals surface area contributed by atoms with Gasteiger partial charge in [0.1, 0.15) is 11.6 Å². The molecule has 2 N–H and O–H groups in total. The summed E-state index contributed by atoms with van der Waals surface area (Å²) < 4.78 is 10.9. The molecule has 0 atom stereocenters. The summed E-state index contributed by atoms with van der Waals surface area (Å²) in [5.41, 5.74) is 3.57. The molecule has 4 aromatic rings. The number of amides is 1. The molecule has 0 aliphatic carbocycles. The van der Waals surface area contributed by atoms with Crippen LogP contribution in [0.1, 0.15) is 49.5 Å². The molecule has 1 aliphatic heterocycles. The van der Waals surface area contributed by atoms with Gasteiger partial charge in [0, 0.05) is 36.6 Å². The van der Waals surface area contributed by atoms with Crippen LogP contribution in [0.25, 0.3) is 21.9 Å². The Bertz CT molecular complexity index is 1530. The van der Waals surface area contributed by atoms with Gasteiger partial charge in [-0.05, 0) is 70.5 Å². The Balaban J connectivity index is 1.41. The number of rotatable bonds is 7. The minimum absolute atomic E-state index is 0.129. The van der Waals surface area contributed by atoms with Crippen molar-refractivity contribution in [2.24, 2.45) is 0 Å². The highest BCUT2D eigenvalue weighted by molar-refractivity contribution is 6.48. The summed E-state index contributed by atoms with van der Waals surface area (Å²) in [7, 11) is 1.54. The van der Waals surface area contributed by atoms with Crippen molar-refractivity contribution >= 4 is 34.0 Å². The lowest BCUT2D eigenvalue weighted by Crippen LogP contribution is -2.28. The number of carbonyl (C=O) groups excluding carboxylic acids is 2. The van der Waals surface area contributed by atoms with E-state index in [4.69, 9.17) is 9.47 Å². The summed E-state index contributed by atoms with van der Waals surface area (Å²) in [6, 6.07) is 21.2. The van der Waals surface area contributed by atoms with E-state index >= 15 is 0 Å². The van der Waals surface area contributed by atoms with Gasteiger partial charge in [-0.1, -0.05) is 57.2 Å². The van der Waals surface area contributed by atoms with E-state index in [1.54, 1.807) is 6.07 Å². The summed E-state index contributed by atoms with van der Waals surface area (Å²) >= 11 is 0. The number of Topliss-reactive ketones (excluding diaryl/α,β-unsaturated/α-hetero) is 1. The Hall–Kier alpha value is -4.23. The maximum atomic E-state index is 13.4. The Labute approximate surface area is 234 Å².